The quantitative estimate of drug-likeness (QED) is 0.495. The maximum absolute atomic E-state index is 12.7. The molecule has 30 heavy (non-hydrogen) atoms. The number of fused-ring (bicyclic) bond motifs is 1. The SMILES string of the molecule is NC(=O)c1nn(CC(=O)Nc2nc(-c3ccc(Cl)cc3)cs2)c(=O)c2ccccc12. The number of benzene rings is 2. The second-order valence-electron chi connectivity index (χ2n) is 6.31. The van der Waals surface area contributed by atoms with E-state index in [-0.39, 0.29) is 17.6 Å². The minimum absolute atomic E-state index is 0.0720. The van der Waals surface area contributed by atoms with Gasteiger partial charge in [-0.1, -0.05) is 41.9 Å². The molecule has 0 spiro atoms. The molecule has 0 saturated carbocycles. The number of carbonyl (C=O) groups is 2. The first-order chi connectivity index (χ1) is 14.4. The topological polar surface area (TPSA) is 120 Å². The van der Waals surface area contributed by atoms with Crippen LogP contribution in [0.4, 0.5) is 5.13 Å². The number of nitrogens with two attached hydrogens (primary N) is 1. The highest BCUT2D eigenvalue weighted by Crippen LogP contribution is 2.26. The molecule has 3 N–H and O–H groups in total. The smallest absolute Gasteiger partial charge is 0.275 e. The molecule has 2 amide bonds. The second-order valence-corrected chi connectivity index (χ2v) is 7.61. The molecule has 2 aromatic heterocycles. The van der Waals surface area contributed by atoms with Crippen molar-refractivity contribution in [3.8, 4) is 11.3 Å². The molecular formula is C20H14ClN5O3S. The van der Waals surface area contributed by atoms with Crippen LogP contribution in [0.2, 0.25) is 5.02 Å². The Kier molecular flexibility index (Phi) is 5.30. The van der Waals surface area contributed by atoms with Gasteiger partial charge in [0.25, 0.3) is 11.5 Å². The predicted octanol–water partition coefficient (Wildman–Crippen LogP) is 2.91. The molecule has 0 aliphatic carbocycles. The van der Waals surface area contributed by atoms with Gasteiger partial charge in [-0.2, -0.15) is 5.10 Å². The van der Waals surface area contributed by atoms with Gasteiger partial charge in [-0.15, -0.1) is 11.3 Å². The van der Waals surface area contributed by atoms with E-state index in [0.717, 1.165) is 10.2 Å². The molecule has 0 radical (unpaired) electrons. The van der Waals surface area contributed by atoms with Gasteiger partial charge in [0.15, 0.2) is 10.8 Å². The molecule has 0 aliphatic rings. The molecule has 0 unspecified atom stereocenters. The van der Waals surface area contributed by atoms with Gasteiger partial charge >= 0.3 is 0 Å². The second kappa shape index (κ2) is 8.05. The first kappa shape index (κ1) is 19.7. The first-order valence-corrected chi connectivity index (χ1v) is 9.99. The van der Waals surface area contributed by atoms with Crippen molar-refractivity contribution < 1.29 is 9.59 Å². The van der Waals surface area contributed by atoms with Crippen LogP contribution in [0.5, 0.6) is 0 Å². The molecule has 0 atom stereocenters. The average Bonchev–Trinajstić information content (AvgIpc) is 3.18. The van der Waals surface area contributed by atoms with Gasteiger partial charge in [0.05, 0.1) is 11.1 Å². The third-order valence-electron chi connectivity index (χ3n) is 4.29. The summed E-state index contributed by atoms with van der Waals surface area (Å²) in [6.07, 6.45) is 0. The summed E-state index contributed by atoms with van der Waals surface area (Å²) in [6.45, 7) is -0.389. The van der Waals surface area contributed by atoms with Crippen LogP contribution in [0.3, 0.4) is 0 Å². The van der Waals surface area contributed by atoms with Crippen molar-refractivity contribution in [2.24, 2.45) is 5.73 Å². The fraction of sp³-hybridized carbons (Fsp3) is 0.0500. The molecule has 8 nitrogen and oxygen atoms in total. The first-order valence-electron chi connectivity index (χ1n) is 8.73. The summed E-state index contributed by atoms with van der Waals surface area (Å²) in [5, 5.41) is 10.0. The van der Waals surface area contributed by atoms with Crippen LogP contribution in [-0.4, -0.2) is 26.6 Å². The minimum Gasteiger partial charge on any atom is -0.364 e. The summed E-state index contributed by atoms with van der Waals surface area (Å²) in [6, 6.07) is 13.6. The molecule has 0 aliphatic heterocycles. The summed E-state index contributed by atoms with van der Waals surface area (Å²) in [5.41, 5.74) is 6.36. The van der Waals surface area contributed by atoms with Crippen molar-refractivity contribution in [3.63, 3.8) is 0 Å². The van der Waals surface area contributed by atoms with Gasteiger partial charge in [-0.05, 0) is 18.2 Å². The van der Waals surface area contributed by atoms with E-state index in [1.807, 2.05) is 12.1 Å². The van der Waals surface area contributed by atoms with Gasteiger partial charge in [-0.25, -0.2) is 9.67 Å². The van der Waals surface area contributed by atoms with Crippen molar-refractivity contribution in [2.75, 3.05) is 5.32 Å². The Morgan fingerprint density at radius 1 is 1.10 bits per heavy atom. The van der Waals surface area contributed by atoms with Crippen molar-refractivity contribution in [1.82, 2.24) is 14.8 Å². The Morgan fingerprint density at radius 2 is 1.80 bits per heavy atom. The lowest BCUT2D eigenvalue weighted by Crippen LogP contribution is -2.32. The molecular weight excluding hydrogens is 426 g/mol. The lowest BCUT2D eigenvalue weighted by molar-refractivity contribution is -0.117. The van der Waals surface area contributed by atoms with Crippen LogP contribution in [0.1, 0.15) is 10.5 Å². The lowest BCUT2D eigenvalue weighted by atomic mass is 10.1. The fourth-order valence-corrected chi connectivity index (χ4v) is 3.77. The maximum Gasteiger partial charge on any atom is 0.275 e. The number of thiazole rings is 1. The standard InChI is InChI=1S/C20H14ClN5O3S/c21-12-7-5-11(6-8-12)15-10-30-20(23-15)24-16(27)9-26-19(29)14-4-2-1-3-13(14)17(25-26)18(22)28/h1-8,10H,9H2,(H2,22,28)(H,23,24,27). The predicted molar refractivity (Wildman–Crippen MR) is 116 cm³/mol. The van der Waals surface area contributed by atoms with Crippen LogP contribution in [0.15, 0.2) is 58.7 Å². The molecule has 0 bridgehead atoms. The monoisotopic (exact) mass is 439 g/mol. The fourth-order valence-electron chi connectivity index (χ4n) is 2.90. The number of aromatic nitrogens is 3. The van der Waals surface area contributed by atoms with Gasteiger partial charge in [-0.3, -0.25) is 14.4 Å². The lowest BCUT2D eigenvalue weighted by Gasteiger charge is -2.09. The van der Waals surface area contributed by atoms with Gasteiger partial charge in [0.1, 0.15) is 6.54 Å². The van der Waals surface area contributed by atoms with Crippen LogP contribution < -0.4 is 16.6 Å². The number of hydrogen-bond donors (Lipinski definition) is 2. The summed E-state index contributed by atoms with van der Waals surface area (Å²) in [7, 11) is 0. The van der Waals surface area contributed by atoms with E-state index < -0.39 is 17.4 Å². The van der Waals surface area contributed by atoms with Gasteiger partial charge in [0.2, 0.25) is 5.91 Å². The van der Waals surface area contributed by atoms with E-state index in [9.17, 15) is 14.4 Å². The van der Waals surface area contributed by atoms with Crippen molar-refractivity contribution in [3.05, 3.63) is 75.0 Å². The Morgan fingerprint density at radius 3 is 2.50 bits per heavy atom. The van der Waals surface area contributed by atoms with Gasteiger partial charge < -0.3 is 11.1 Å². The number of primary amides is 1. The number of nitrogens with zero attached hydrogens (tertiary/aromatic N) is 3. The van der Waals surface area contributed by atoms with E-state index >= 15 is 0 Å². The summed E-state index contributed by atoms with van der Waals surface area (Å²) in [4.78, 5) is 41.2. The van der Waals surface area contributed by atoms with Crippen LogP contribution in [0, 0.1) is 0 Å². The third-order valence-corrected chi connectivity index (χ3v) is 5.29. The molecule has 10 heteroatoms. The molecule has 2 heterocycles. The molecule has 2 aromatic carbocycles. The van der Waals surface area contributed by atoms with E-state index in [0.29, 0.717) is 21.2 Å². The Bertz CT molecular complexity index is 1330. The van der Waals surface area contributed by atoms with E-state index in [4.69, 9.17) is 17.3 Å². The highest BCUT2D eigenvalue weighted by atomic mass is 35.5. The van der Waals surface area contributed by atoms with Crippen LogP contribution in [0.25, 0.3) is 22.0 Å². The number of anilines is 1. The Balaban J connectivity index is 1.57. The van der Waals surface area contributed by atoms with E-state index in [1.54, 1.807) is 41.8 Å². The van der Waals surface area contributed by atoms with Crippen molar-refractivity contribution in [2.45, 2.75) is 6.54 Å². The molecule has 4 aromatic rings. The molecule has 150 valence electrons. The van der Waals surface area contributed by atoms with E-state index in [2.05, 4.69) is 15.4 Å². The van der Waals surface area contributed by atoms with Crippen LogP contribution >= 0.6 is 22.9 Å². The highest BCUT2D eigenvalue weighted by molar-refractivity contribution is 7.14. The zero-order valence-electron chi connectivity index (χ0n) is 15.3. The normalized spacial score (nSPS) is 10.8. The molecule has 4 rings (SSSR count). The largest absolute Gasteiger partial charge is 0.364 e. The summed E-state index contributed by atoms with van der Waals surface area (Å²) >= 11 is 7.14. The highest BCUT2D eigenvalue weighted by Gasteiger charge is 2.16. The maximum atomic E-state index is 12.7. The zero-order valence-corrected chi connectivity index (χ0v) is 16.9. The molecule has 0 saturated heterocycles. The minimum atomic E-state index is -0.784. The summed E-state index contributed by atoms with van der Waals surface area (Å²) < 4.78 is 0.922. The van der Waals surface area contributed by atoms with Gasteiger partial charge in [0, 0.05) is 21.4 Å². The summed E-state index contributed by atoms with van der Waals surface area (Å²) in [5.74, 6) is -1.29. The van der Waals surface area contributed by atoms with E-state index in [1.165, 1.54) is 11.3 Å². The number of rotatable bonds is 5. The van der Waals surface area contributed by atoms with Crippen LogP contribution in [-0.2, 0) is 11.3 Å². The third kappa shape index (κ3) is 3.93. The van der Waals surface area contributed by atoms with Crippen molar-refractivity contribution in [1.29, 1.82) is 0 Å². The number of halogens is 1. The Hall–Kier alpha value is -3.56. The molecule has 0 fully saturated rings. The zero-order chi connectivity index (χ0) is 21.3. The number of nitrogens with one attached hydrogen (secondary N) is 1. The van der Waals surface area contributed by atoms with Crippen molar-refractivity contribution >= 4 is 50.7 Å². The number of hydrogen-bond acceptors (Lipinski definition) is 6. The number of carbonyl (C=O) groups excluding carboxylic acids is 2. The number of amides is 2. The Labute approximate surface area is 178 Å². The average molecular weight is 440 g/mol.